The molecule has 0 bridgehead atoms. The van der Waals surface area contributed by atoms with E-state index >= 15 is 0 Å². The molecule has 11 heavy (non-hydrogen) atoms. The molecule has 0 aliphatic carbocycles. The summed E-state index contributed by atoms with van der Waals surface area (Å²) in [4.78, 5) is 25.0. The van der Waals surface area contributed by atoms with Gasteiger partial charge in [-0.2, -0.15) is 0 Å². The summed E-state index contributed by atoms with van der Waals surface area (Å²) in [7, 11) is 0. The van der Waals surface area contributed by atoms with E-state index in [1.807, 2.05) is 0 Å². The molecule has 0 aromatic heterocycles. The molecule has 0 rings (SSSR count). The van der Waals surface area contributed by atoms with Gasteiger partial charge in [0.25, 0.3) is 12.9 Å². The molecule has 2 N–H and O–H groups in total. The third-order valence-electron chi connectivity index (χ3n) is 0. The molecule has 0 spiro atoms. The average Bonchev–Trinajstić information content (AvgIpc) is 1.70. The van der Waals surface area contributed by atoms with Gasteiger partial charge in [0.1, 0.15) is 0 Å². The van der Waals surface area contributed by atoms with Gasteiger partial charge in [0.05, 0.1) is 0 Å². The molecule has 65 valence electrons. The zero-order chi connectivity index (χ0) is 8.12. The van der Waals surface area contributed by atoms with Gasteiger partial charge in [0.15, 0.2) is 0 Å². The Morgan fingerprint density at radius 3 is 1.00 bits per heavy atom. The predicted octanol–water partition coefficient (Wildman–Crippen LogP) is -5.23. The van der Waals surface area contributed by atoms with Gasteiger partial charge in [-0.05, 0) is 0 Å². The van der Waals surface area contributed by atoms with E-state index in [0.29, 0.717) is 0 Å². The van der Waals surface area contributed by atoms with Crippen LogP contribution in [0.2, 0.25) is 0 Å². The summed E-state index contributed by atoms with van der Waals surface area (Å²) in [6, 6.07) is 0. The Morgan fingerprint density at radius 1 is 1.00 bits per heavy atom. The summed E-state index contributed by atoms with van der Waals surface area (Å²) in [5.41, 5.74) is 0. The van der Waals surface area contributed by atoms with Crippen LogP contribution < -0.4 is 34.7 Å². The third kappa shape index (κ3) is 126000. The second-order valence-corrected chi connectivity index (χ2v) is 0.307. The van der Waals surface area contributed by atoms with Crippen molar-refractivity contribution in [3.8, 4) is 0 Å². The smallest absolute Gasteiger partial charge is 0.554 e. The molecule has 0 aromatic rings. The molecule has 0 saturated carbocycles. The summed E-state index contributed by atoms with van der Waals surface area (Å²) in [6.45, 7) is -1.00. The van der Waals surface area contributed by atoms with Crippen LogP contribution in [0, 0.1) is 0 Å². The van der Waals surface area contributed by atoms with Crippen LogP contribution in [0.1, 0.15) is 0 Å². The Morgan fingerprint density at radius 2 is 1.00 bits per heavy atom. The van der Waals surface area contributed by atoms with Gasteiger partial charge in [-0.1, -0.05) is 0 Å². The number of hydrogen-bond acceptors (Lipinski definition) is 4. The van der Waals surface area contributed by atoms with E-state index < -0.39 is 6.47 Å². The van der Waals surface area contributed by atoms with Crippen molar-refractivity contribution in [2.75, 3.05) is 0 Å². The molecule has 6 nitrogen and oxygen atoms in total. The van der Waals surface area contributed by atoms with Crippen molar-refractivity contribution >= 4 is 19.4 Å². The molecule has 0 unspecified atom stereocenters. The van der Waals surface area contributed by atoms with E-state index in [9.17, 15) is 0 Å². The SMILES string of the molecule is O=CO.O=CO.O=C[O-].[Cu].[Na+]. The van der Waals surface area contributed by atoms with E-state index in [1.54, 1.807) is 0 Å². The Kier molecular flexibility index (Phi) is 257. The van der Waals surface area contributed by atoms with Crippen LogP contribution in [0.4, 0.5) is 0 Å². The minimum Gasteiger partial charge on any atom is -0.554 e. The summed E-state index contributed by atoms with van der Waals surface area (Å²) in [5, 5.41) is 22.0. The summed E-state index contributed by atoms with van der Waals surface area (Å²) < 4.78 is 0. The van der Waals surface area contributed by atoms with E-state index in [0.717, 1.165) is 0 Å². The quantitative estimate of drug-likeness (QED) is 0.313. The molecule has 1 radical (unpaired) electrons. The molecule has 0 heterocycles. The van der Waals surface area contributed by atoms with Crippen LogP contribution >= 0.6 is 0 Å². The van der Waals surface area contributed by atoms with Crippen LogP contribution in [0.15, 0.2) is 0 Å². The first kappa shape index (κ1) is 30.6. The summed E-state index contributed by atoms with van der Waals surface area (Å²) in [6.07, 6.45) is 0. The van der Waals surface area contributed by atoms with E-state index in [2.05, 4.69) is 0 Å². The average molecular weight is 224 g/mol. The topological polar surface area (TPSA) is 115 Å². The number of carbonyl (C=O) groups excluding carboxylic acids is 1. The zero-order valence-corrected chi connectivity index (χ0v) is 8.50. The Balaban J connectivity index is -0.0000000150. The van der Waals surface area contributed by atoms with Crippen LogP contribution in [-0.2, 0) is 31.5 Å². The molecule has 0 fully saturated rings. The second-order valence-electron chi connectivity index (χ2n) is 0.307. The van der Waals surface area contributed by atoms with E-state index in [4.69, 9.17) is 29.7 Å². The normalized spacial score (nSPS) is 3.27. The summed E-state index contributed by atoms with van der Waals surface area (Å²) in [5.74, 6) is 0. The van der Waals surface area contributed by atoms with E-state index in [-0.39, 0.29) is 59.6 Å². The first-order valence-electron chi connectivity index (χ1n) is 1.46. The maximum atomic E-state index is 8.36. The maximum absolute atomic E-state index is 8.36. The van der Waals surface area contributed by atoms with Gasteiger partial charge in [0.2, 0.25) is 0 Å². The Labute approximate surface area is 95.4 Å². The van der Waals surface area contributed by atoms with Crippen molar-refractivity contribution in [1.29, 1.82) is 0 Å². The first-order valence-corrected chi connectivity index (χ1v) is 1.46. The molecular weight excluding hydrogens is 219 g/mol. The van der Waals surface area contributed by atoms with Gasteiger partial charge in [-0.3, -0.25) is 9.59 Å². The van der Waals surface area contributed by atoms with Gasteiger partial charge < -0.3 is 20.1 Å². The predicted molar refractivity (Wildman–Crippen MR) is 23.4 cm³/mol. The van der Waals surface area contributed by atoms with Crippen molar-refractivity contribution in [3.63, 3.8) is 0 Å². The molecule has 0 atom stereocenters. The number of carbonyl (C=O) groups is 3. The first-order chi connectivity index (χ1) is 4.24. The van der Waals surface area contributed by atoms with Crippen molar-refractivity contribution in [2.45, 2.75) is 0 Å². The number of carboxylic acid groups (broad SMARTS) is 3. The molecule has 0 aromatic carbocycles. The minimum absolute atomic E-state index is 0. The maximum Gasteiger partial charge on any atom is 1.00 e. The third-order valence-corrected chi connectivity index (χ3v) is 0. The standard InChI is InChI=1S/3CH2O2.Cu.Na/c3*2-1-3;;/h3*1H,(H,2,3);;/q;;;;+1/p-1. The van der Waals surface area contributed by atoms with Crippen LogP contribution in [0.5, 0.6) is 0 Å². The Hall–Kier alpha value is -0.0705. The fourth-order valence-corrected chi connectivity index (χ4v) is 0. The fraction of sp³-hybridized carbons (Fsp3) is 0. The summed E-state index contributed by atoms with van der Waals surface area (Å²) >= 11 is 0. The van der Waals surface area contributed by atoms with Crippen molar-refractivity contribution in [3.05, 3.63) is 0 Å². The van der Waals surface area contributed by atoms with E-state index in [1.165, 1.54) is 0 Å². The molecular formula is C3H5CuNaO6. The van der Waals surface area contributed by atoms with Crippen molar-refractivity contribution in [1.82, 2.24) is 0 Å². The number of hydrogen-bond donors (Lipinski definition) is 2. The molecule has 0 amide bonds. The Bertz CT molecular complexity index is 54.6. The van der Waals surface area contributed by atoms with Gasteiger partial charge in [-0.25, -0.2) is 0 Å². The zero-order valence-electron chi connectivity index (χ0n) is 5.56. The fourth-order valence-electron chi connectivity index (χ4n) is 0. The molecule has 0 aliphatic rings. The second kappa shape index (κ2) is 92.3. The largest absolute Gasteiger partial charge is 1.00 e. The van der Waals surface area contributed by atoms with Gasteiger partial charge >= 0.3 is 29.6 Å². The molecule has 0 aliphatic heterocycles. The van der Waals surface area contributed by atoms with Gasteiger partial charge in [-0.15, -0.1) is 0 Å². The van der Waals surface area contributed by atoms with Crippen molar-refractivity contribution in [2.24, 2.45) is 0 Å². The molecule has 0 saturated heterocycles. The van der Waals surface area contributed by atoms with Crippen LogP contribution in [0.25, 0.3) is 0 Å². The van der Waals surface area contributed by atoms with Crippen LogP contribution in [0.3, 0.4) is 0 Å². The number of rotatable bonds is 0. The van der Waals surface area contributed by atoms with Gasteiger partial charge in [0, 0.05) is 23.5 Å². The molecule has 8 heteroatoms. The van der Waals surface area contributed by atoms with Crippen LogP contribution in [-0.4, -0.2) is 29.6 Å². The minimum atomic E-state index is -0.500. The van der Waals surface area contributed by atoms with Crippen molar-refractivity contribution < 1.29 is 76.3 Å². The monoisotopic (exact) mass is 223 g/mol.